The maximum Gasteiger partial charge on any atom is 0.401 e. The second-order valence-electron chi connectivity index (χ2n) is 3.25. The summed E-state index contributed by atoms with van der Waals surface area (Å²) in [6.45, 7) is -1.39. The third kappa shape index (κ3) is 11.0. The SMILES string of the molecule is COC(=O)CCCNC(=O)CNCC(F)(F)F. The molecule has 17 heavy (non-hydrogen) atoms. The summed E-state index contributed by atoms with van der Waals surface area (Å²) in [4.78, 5) is 21.7. The maximum atomic E-state index is 11.7. The van der Waals surface area contributed by atoms with Crippen molar-refractivity contribution in [3.05, 3.63) is 0 Å². The minimum atomic E-state index is -4.33. The average Bonchev–Trinajstić information content (AvgIpc) is 2.22. The Hall–Kier alpha value is -1.31. The van der Waals surface area contributed by atoms with Gasteiger partial charge in [0, 0.05) is 13.0 Å². The summed E-state index contributed by atoms with van der Waals surface area (Å²) in [5.74, 6) is -0.937. The number of ether oxygens (including phenoxy) is 1. The van der Waals surface area contributed by atoms with Crippen molar-refractivity contribution in [2.45, 2.75) is 19.0 Å². The van der Waals surface area contributed by atoms with Crippen LogP contribution in [0.3, 0.4) is 0 Å². The number of carbonyl (C=O) groups excluding carboxylic acids is 2. The first-order valence-electron chi connectivity index (χ1n) is 4.96. The van der Waals surface area contributed by atoms with Crippen LogP contribution in [0.4, 0.5) is 13.2 Å². The van der Waals surface area contributed by atoms with Crippen molar-refractivity contribution in [1.29, 1.82) is 0 Å². The molecular weight excluding hydrogens is 241 g/mol. The van der Waals surface area contributed by atoms with E-state index in [1.807, 2.05) is 5.32 Å². The van der Waals surface area contributed by atoms with Crippen molar-refractivity contribution in [3.63, 3.8) is 0 Å². The molecule has 0 saturated carbocycles. The molecule has 2 N–H and O–H groups in total. The maximum absolute atomic E-state index is 11.7. The summed E-state index contributed by atoms with van der Waals surface area (Å²) in [6, 6.07) is 0. The molecule has 0 saturated heterocycles. The molecule has 0 atom stereocenters. The molecule has 100 valence electrons. The van der Waals surface area contributed by atoms with Crippen LogP contribution in [0, 0.1) is 0 Å². The van der Waals surface area contributed by atoms with Gasteiger partial charge >= 0.3 is 12.1 Å². The molecule has 8 heteroatoms. The van der Waals surface area contributed by atoms with Crippen molar-refractivity contribution in [2.75, 3.05) is 26.7 Å². The highest BCUT2D eigenvalue weighted by molar-refractivity contribution is 5.78. The zero-order valence-corrected chi connectivity index (χ0v) is 9.39. The predicted molar refractivity (Wildman–Crippen MR) is 53.2 cm³/mol. The molecule has 0 aliphatic carbocycles. The Bertz CT molecular complexity index is 256. The summed E-state index contributed by atoms with van der Waals surface area (Å²) >= 11 is 0. The van der Waals surface area contributed by atoms with E-state index in [1.54, 1.807) is 0 Å². The third-order valence-electron chi connectivity index (χ3n) is 1.72. The van der Waals surface area contributed by atoms with E-state index in [9.17, 15) is 22.8 Å². The number of carbonyl (C=O) groups is 2. The number of amides is 1. The second kappa shape index (κ2) is 7.88. The monoisotopic (exact) mass is 256 g/mol. The summed E-state index contributed by atoms with van der Waals surface area (Å²) in [5.41, 5.74) is 0. The summed E-state index contributed by atoms with van der Waals surface area (Å²) in [6.07, 6.45) is -3.78. The van der Waals surface area contributed by atoms with E-state index < -0.39 is 31.1 Å². The molecule has 0 aliphatic heterocycles. The molecule has 0 unspecified atom stereocenters. The van der Waals surface area contributed by atoms with Crippen LogP contribution in [-0.4, -0.2) is 44.8 Å². The number of esters is 1. The Morgan fingerprint density at radius 2 is 1.94 bits per heavy atom. The van der Waals surface area contributed by atoms with Gasteiger partial charge in [-0.1, -0.05) is 0 Å². The van der Waals surface area contributed by atoms with Crippen molar-refractivity contribution in [1.82, 2.24) is 10.6 Å². The number of hydrogen-bond acceptors (Lipinski definition) is 4. The average molecular weight is 256 g/mol. The lowest BCUT2D eigenvalue weighted by atomic mass is 10.3. The number of methoxy groups -OCH3 is 1. The first-order valence-corrected chi connectivity index (χ1v) is 4.96. The Morgan fingerprint density at radius 1 is 1.29 bits per heavy atom. The highest BCUT2D eigenvalue weighted by atomic mass is 19.4. The van der Waals surface area contributed by atoms with Crippen LogP contribution >= 0.6 is 0 Å². The van der Waals surface area contributed by atoms with E-state index in [2.05, 4.69) is 10.1 Å². The van der Waals surface area contributed by atoms with Gasteiger partial charge in [-0.15, -0.1) is 0 Å². The summed E-state index contributed by atoms with van der Waals surface area (Å²) < 4.78 is 39.5. The van der Waals surface area contributed by atoms with E-state index >= 15 is 0 Å². The normalized spacial score (nSPS) is 11.1. The van der Waals surface area contributed by atoms with Crippen LogP contribution in [0.25, 0.3) is 0 Å². The summed E-state index contributed by atoms with van der Waals surface area (Å²) in [5, 5.41) is 4.33. The van der Waals surface area contributed by atoms with Gasteiger partial charge in [0.25, 0.3) is 0 Å². The molecule has 0 aromatic heterocycles. The molecule has 0 radical (unpaired) electrons. The summed E-state index contributed by atoms with van der Waals surface area (Å²) in [7, 11) is 1.25. The Morgan fingerprint density at radius 3 is 2.47 bits per heavy atom. The van der Waals surface area contributed by atoms with Gasteiger partial charge in [0.15, 0.2) is 0 Å². The van der Waals surface area contributed by atoms with Gasteiger partial charge in [0.05, 0.1) is 20.2 Å². The Balaban J connectivity index is 3.44. The molecule has 0 fully saturated rings. The number of hydrogen-bond donors (Lipinski definition) is 2. The number of nitrogens with one attached hydrogen (secondary N) is 2. The van der Waals surface area contributed by atoms with Gasteiger partial charge in [-0.25, -0.2) is 0 Å². The van der Waals surface area contributed by atoms with Crippen molar-refractivity contribution >= 4 is 11.9 Å². The predicted octanol–water partition coefficient (Wildman–Crippen LogP) is 0.208. The molecule has 0 aliphatic rings. The molecule has 0 bridgehead atoms. The lowest BCUT2D eigenvalue weighted by Crippen LogP contribution is -2.38. The van der Waals surface area contributed by atoms with Crippen LogP contribution in [0.2, 0.25) is 0 Å². The lowest BCUT2D eigenvalue weighted by molar-refractivity contribution is -0.141. The third-order valence-corrected chi connectivity index (χ3v) is 1.72. The quantitative estimate of drug-likeness (QED) is 0.504. The fourth-order valence-electron chi connectivity index (χ4n) is 0.943. The van der Waals surface area contributed by atoms with Crippen molar-refractivity contribution in [2.24, 2.45) is 0 Å². The fraction of sp³-hybridized carbons (Fsp3) is 0.778. The van der Waals surface area contributed by atoms with Gasteiger partial charge in [-0.3, -0.25) is 9.59 Å². The number of alkyl halides is 3. The zero-order valence-electron chi connectivity index (χ0n) is 9.39. The molecule has 5 nitrogen and oxygen atoms in total. The van der Waals surface area contributed by atoms with Gasteiger partial charge < -0.3 is 15.4 Å². The topological polar surface area (TPSA) is 67.4 Å². The van der Waals surface area contributed by atoms with Gasteiger partial charge in [-0.2, -0.15) is 13.2 Å². The zero-order chi connectivity index (χ0) is 13.3. The lowest BCUT2D eigenvalue weighted by Gasteiger charge is -2.08. The smallest absolute Gasteiger partial charge is 0.401 e. The van der Waals surface area contributed by atoms with Crippen LogP contribution in [0.1, 0.15) is 12.8 Å². The number of halogens is 3. The Labute approximate surface area is 96.7 Å². The minimum absolute atomic E-state index is 0.159. The second-order valence-corrected chi connectivity index (χ2v) is 3.25. The molecule has 0 aromatic carbocycles. The molecular formula is C9H15F3N2O3. The molecule has 1 amide bonds. The van der Waals surface area contributed by atoms with Crippen LogP contribution in [0.15, 0.2) is 0 Å². The largest absolute Gasteiger partial charge is 0.469 e. The molecule has 0 rings (SSSR count). The van der Waals surface area contributed by atoms with Gasteiger partial charge in [-0.05, 0) is 6.42 Å². The van der Waals surface area contributed by atoms with Crippen LogP contribution in [-0.2, 0) is 14.3 Å². The number of rotatable bonds is 7. The van der Waals surface area contributed by atoms with E-state index in [0.29, 0.717) is 6.42 Å². The van der Waals surface area contributed by atoms with E-state index in [-0.39, 0.29) is 13.0 Å². The van der Waals surface area contributed by atoms with Gasteiger partial charge in [0.1, 0.15) is 0 Å². The fourth-order valence-corrected chi connectivity index (χ4v) is 0.943. The van der Waals surface area contributed by atoms with Crippen molar-refractivity contribution in [3.8, 4) is 0 Å². The van der Waals surface area contributed by atoms with E-state index in [1.165, 1.54) is 7.11 Å². The molecule has 0 heterocycles. The highest BCUT2D eigenvalue weighted by Crippen LogP contribution is 2.11. The molecule has 0 aromatic rings. The van der Waals surface area contributed by atoms with Gasteiger partial charge in [0.2, 0.25) is 5.91 Å². The highest BCUT2D eigenvalue weighted by Gasteiger charge is 2.26. The Kier molecular flexibility index (Phi) is 7.27. The first-order chi connectivity index (χ1) is 7.85. The van der Waals surface area contributed by atoms with Crippen LogP contribution < -0.4 is 10.6 Å². The van der Waals surface area contributed by atoms with Crippen molar-refractivity contribution < 1.29 is 27.5 Å². The standard InChI is InChI=1S/C9H15F3N2O3/c1-17-8(16)3-2-4-14-7(15)5-13-6-9(10,11)12/h13H,2-6H2,1H3,(H,14,15). The van der Waals surface area contributed by atoms with E-state index in [4.69, 9.17) is 0 Å². The van der Waals surface area contributed by atoms with E-state index in [0.717, 1.165) is 0 Å². The van der Waals surface area contributed by atoms with Crippen LogP contribution in [0.5, 0.6) is 0 Å². The first kappa shape index (κ1) is 15.7. The molecule has 0 spiro atoms. The minimum Gasteiger partial charge on any atom is -0.469 e.